The second kappa shape index (κ2) is 4.97. The maximum Gasteiger partial charge on any atom is 0.180 e. The zero-order valence-electron chi connectivity index (χ0n) is 9.13. The molecule has 1 aliphatic heterocycles. The molecular formula is C12H14FNOS. The molecule has 0 bridgehead atoms. The van der Waals surface area contributed by atoms with Gasteiger partial charge in [0.2, 0.25) is 0 Å². The van der Waals surface area contributed by atoms with Crippen molar-refractivity contribution in [3.8, 4) is 0 Å². The topological polar surface area (TPSA) is 29.1 Å². The highest BCUT2D eigenvalue weighted by Gasteiger charge is 2.23. The molecule has 4 heteroatoms. The van der Waals surface area contributed by atoms with Crippen molar-refractivity contribution in [2.24, 2.45) is 0 Å². The van der Waals surface area contributed by atoms with E-state index < -0.39 is 0 Å². The molecule has 16 heavy (non-hydrogen) atoms. The number of rotatable bonds is 2. The molecule has 2 nitrogen and oxygen atoms in total. The van der Waals surface area contributed by atoms with Crippen molar-refractivity contribution in [2.75, 3.05) is 18.1 Å². The highest BCUT2D eigenvalue weighted by Crippen LogP contribution is 2.16. The highest BCUT2D eigenvalue weighted by atomic mass is 32.2. The first-order chi connectivity index (χ1) is 7.68. The minimum absolute atomic E-state index is 0.00389. The van der Waals surface area contributed by atoms with Gasteiger partial charge in [-0.3, -0.25) is 4.79 Å². The molecule has 0 aromatic heterocycles. The van der Waals surface area contributed by atoms with Gasteiger partial charge in [-0.15, -0.1) is 0 Å². The Morgan fingerprint density at radius 3 is 3.06 bits per heavy atom. The Labute approximate surface area is 98.6 Å². The first kappa shape index (κ1) is 11.6. The lowest BCUT2D eigenvalue weighted by Crippen LogP contribution is -2.43. The molecule has 1 fully saturated rings. The standard InChI is InChI=1S/C12H14FNOS/c1-8-2-3-9(13)6-10(8)12(15)11-7-16-5-4-14-11/h2-3,6,11,14H,4-5,7H2,1H3. The highest BCUT2D eigenvalue weighted by molar-refractivity contribution is 7.99. The Morgan fingerprint density at radius 1 is 1.56 bits per heavy atom. The second-order valence-corrected chi connectivity index (χ2v) is 5.05. The first-order valence-corrected chi connectivity index (χ1v) is 6.45. The third-order valence-corrected chi connectivity index (χ3v) is 3.77. The van der Waals surface area contributed by atoms with Crippen molar-refractivity contribution in [3.05, 3.63) is 35.1 Å². The largest absolute Gasteiger partial charge is 0.306 e. The van der Waals surface area contributed by atoms with Gasteiger partial charge in [0.05, 0.1) is 6.04 Å². The van der Waals surface area contributed by atoms with E-state index in [0.29, 0.717) is 5.56 Å². The molecule has 1 unspecified atom stereocenters. The molecule has 1 aromatic carbocycles. The summed E-state index contributed by atoms with van der Waals surface area (Å²) in [5.74, 6) is 1.46. The molecular weight excluding hydrogens is 225 g/mol. The molecule has 1 atom stereocenters. The summed E-state index contributed by atoms with van der Waals surface area (Å²) in [5, 5.41) is 3.17. The number of hydrogen-bond donors (Lipinski definition) is 1. The summed E-state index contributed by atoms with van der Waals surface area (Å²) in [6, 6.07) is 4.20. The van der Waals surface area contributed by atoms with Gasteiger partial charge in [0, 0.05) is 23.6 Å². The fourth-order valence-electron chi connectivity index (χ4n) is 1.78. The van der Waals surface area contributed by atoms with Crippen molar-refractivity contribution in [2.45, 2.75) is 13.0 Å². The lowest BCUT2D eigenvalue weighted by Gasteiger charge is -2.22. The zero-order valence-corrected chi connectivity index (χ0v) is 9.94. The number of benzene rings is 1. The van der Waals surface area contributed by atoms with Crippen LogP contribution in [-0.2, 0) is 0 Å². The fraction of sp³-hybridized carbons (Fsp3) is 0.417. The van der Waals surface area contributed by atoms with Crippen LogP contribution >= 0.6 is 11.8 Å². The van der Waals surface area contributed by atoms with Crippen LogP contribution in [0.1, 0.15) is 15.9 Å². The average molecular weight is 239 g/mol. The Kier molecular flexibility index (Phi) is 3.61. The van der Waals surface area contributed by atoms with Crippen molar-refractivity contribution in [1.29, 1.82) is 0 Å². The van der Waals surface area contributed by atoms with Crippen molar-refractivity contribution in [1.82, 2.24) is 5.32 Å². The minimum atomic E-state index is -0.350. The molecule has 0 spiro atoms. The summed E-state index contributed by atoms with van der Waals surface area (Å²) in [7, 11) is 0. The maximum atomic E-state index is 13.1. The van der Waals surface area contributed by atoms with Gasteiger partial charge >= 0.3 is 0 Å². The van der Waals surface area contributed by atoms with Crippen LogP contribution in [0.5, 0.6) is 0 Å². The van der Waals surface area contributed by atoms with Crippen LogP contribution in [0, 0.1) is 12.7 Å². The third kappa shape index (κ3) is 2.44. The minimum Gasteiger partial charge on any atom is -0.306 e. The van der Waals surface area contributed by atoms with Gasteiger partial charge in [0.25, 0.3) is 0 Å². The zero-order chi connectivity index (χ0) is 11.5. The molecule has 0 aliphatic carbocycles. The number of thioether (sulfide) groups is 1. The van der Waals surface area contributed by atoms with Crippen LogP contribution in [-0.4, -0.2) is 29.9 Å². The number of Topliss-reactive ketones (excluding diaryl/α,β-unsaturated/α-hetero) is 1. The molecule has 1 saturated heterocycles. The smallest absolute Gasteiger partial charge is 0.180 e. The van der Waals surface area contributed by atoms with Crippen LogP contribution in [0.25, 0.3) is 0 Å². The van der Waals surface area contributed by atoms with Gasteiger partial charge in [-0.1, -0.05) is 6.07 Å². The van der Waals surface area contributed by atoms with Gasteiger partial charge in [0.15, 0.2) is 5.78 Å². The molecule has 0 saturated carbocycles. The number of halogens is 1. The molecule has 0 radical (unpaired) electrons. The Morgan fingerprint density at radius 2 is 2.38 bits per heavy atom. The molecule has 1 aromatic rings. The molecule has 86 valence electrons. The van der Waals surface area contributed by atoms with E-state index in [-0.39, 0.29) is 17.6 Å². The molecule has 1 N–H and O–H groups in total. The van der Waals surface area contributed by atoms with Crippen LogP contribution < -0.4 is 5.32 Å². The number of carbonyl (C=O) groups excluding carboxylic acids is 1. The monoisotopic (exact) mass is 239 g/mol. The number of carbonyl (C=O) groups is 1. The Bertz CT molecular complexity index is 402. The van der Waals surface area contributed by atoms with Crippen molar-refractivity contribution >= 4 is 17.5 Å². The number of ketones is 1. The first-order valence-electron chi connectivity index (χ1n) is 5.30. The second-order valence-electron chi connectivity index (χ2n) is 3.91. The van der Waals surface area contributed by atoms with Crippen LogP contribution in [0.3, 0.4) is 0 Å². The average Bonchev–Trinajstić information content (AvgIpc) is 2.32. The van der Waals surface area contributed by atoms with E-state index in [1.54, 1.807) is 17.8 Å². The van der Waals surface area contributed by atoms with Crippen LogP contribution in [0.4, 0.5) is 4.39 Å². The van der Waals surface area contributed by atoms with E-state index in [1.165, 1.54) is 12.1 Å². The van der Waals surface area contributed by atoms with Gasteiger partial charge < -0.3 is 5.32 Å². The lowest BCUT2D eigenvalue weighted by molar-refractivity contribution is 0.0952. The summed E-state index contributed by atoms with van der Waals surface area (Å²) in [6.45, 7) is 2.68. The van der Waals surface area contributed by atoms with E-state index in [0.717, 1.165) is 23.6 Å². The predicted octanol–water partition coefficient (Wildman–Crippen LogP) is 2.02. The molecule has 1 aliphatic rings. The van der Waals surface area contributed by atoms with E-state index in [1.807, 2.05) is 6.92 Å². The van der Waals surface area contributed by atoms with Gasteiger partial charge in [-0.05, 0) is 24.6 Å². The molecule has 2 rings (SSSR count). The predicted molar refractivity (Wildman–Crippen MR) is 64.6 cm³/mol. The van der Waals surface area contributed by atoms with E-state index in [9.17, 15) is 9.18 Å². The summed E-state index contributed by atoms with van der Waals surface area (Å²) >= 11 is 1.76. The van der Waals surface area contributed by atoms with Crippen LogP contribution in [0.15, 0.2) is 18.2 Å². The maximum absolute atomic E-state index is 13.1. The Hall–Kier alpha value is -0.870. The summed E-state index contributed by atoms with van der Waals surface area (Å²) in [6.07, 6.45) is 0. The van der Waals surface area contributed by atoms with Crippen molar-refractivity contribution in [3.63, 3.8) is 0 Å². The quantitative estimate of drug-likeness (QED) is 0.801. The van der Waals surface area contributed by atoms with Gasteiger partial charge in [-0.25, -0.2) is 4.39 Å². The SMILES string of the molecule is Cc1ccc(F)cc1C(=O)C1CSCCN1. The lowest BCUT2D eigenvalue weighted by atomic mass is 10.00. The summed E-state index contributed by atoms with van der Waals surface area (Å²) in [4.78, 5) is 12.1. The van der Waals surface area contributed by atoms with Crippen LogP contribution in [0.2, 0.25) is 0 Å². The Balaban J connectivity index is 2.22. The van der Waals surface area contributed by atoms with E-state index >= 15 is 0 Å². The molecule has 1 heterocycles. The fourth-order valence-corrected chi connectivity index (χ4v) is 2.71. The number of aryl methyl sites for hydroxylation is 1. The van der Waals surface area contributed by atoms with Crippen molar-refractivity contribution < 1.29 is 9.18 Å². The van der Waals surface area contributed by atoms with Gasteiger partial charge in [-0.2, -0.15) is 11.8 Å². The van der Waals surface area contributed by atoms with E-state index in [4.69, 9.17) is 0 Å². The third-order valence-electron chi connectivity index (χ3n) is 2.70. The number of hydrogen-bond acceptors (Lipinski definition) is 3. The van der Waals surface area contributed by atoms with Gasteiger partial charge in [0.1, 0.15) is 5.82 Å². The number of nitrogens with one attached hydrogen (secondary N) is 1. The summed E-state index contributed by atoms with van der Waals surface area (Å²) < 4.78 is 13.1. The molecule has 0 amide bonds. The van der Waals surface area contributed by atoms with E-state index in [2.05, 4.69) is 5.32 Å². The summed E-state index contributed by atoms with van der Waals surface area (Å²) in [5.41, 5.74) is 1.34. The normalized spacial score (nSPS) is 20.8.